The largest absolute Gasteiger partial charge is 0.377 e. The highest BCUT2D eigenvalue weighted by Crippen LogP contribution is 2.14. The molecule has 3 heterocycles. The molecule has 0 radical (unpaired) electrons. The van der Waals surface area contributed by atoms with Gasteiger partial charge >= 0.3 is 0 Å². The van der Waals surface area contributed by atoms with E-state index in [0.29, 0.717) is 6.10 Å². The number of piperazine rings is 1. The predicted molar refractivity (Wildman–Crippen MR) is 76.4 cm³/mol. The van der Waals surface area contributed by atoms with E-state index in [1.165, 1.54) is 17.4 Å². The summed E-state index contributed by atoms with van der Waals surface area (Å²) < 4.78 is 7.14. The van der Waals surface area contributed by atoms with Gasteiger partial charge in [-0.25, -0.2) is 9.67 Å². The molecule has 116 valence electrons. The number of anilines is 1. The highest BCUT2D eigenvalue weighted by Gasteiger charge is 2.25. The average molecular weight is 294 g/mol. The van der Waals surface area contributed by atoms with Crippen molar-refractivity contribution < 1.29 is 9.53 Å². The van der Waals surface area contributed by atoms with Crippen LogP contribution in [0.15, 0.2) is 6.33 Å². The van der Waals surface area contributed by atoms with E-state index in [4.69, 9.17) is 10.5 Å². The fourth-order valence-electron chi connectivity index (χ4n) is 2.88. The lowest BCUT2D eigenvalue weighted by molar-refractivity contribution is -0.134. The van der Waals surface area contributed by atoms with E-state index in [-0.39, 0.29) is 18.4 Å². The van der Waals surface area contributed by atoms with E-state index in [0.717, 1.165) is 45.8 Å². The van der Waals surface area contributed by atoms with Crippen molar-refractivity contribution >= 4 is 11.9 Å². The fraction of sp³-hybridized carbons (Fsp3) is 0.769. The van der Waals surface area contributed by atoms with Crippen molar-refractivity contribution in [1.29, 1.82) is 0 Å². The molecule has 2 aliphatic heterocycles. The summed E-state index contributed by atoms with van der Waals surface area (Å²) in [5, 5.41) is 3.94. The van der Waals surface area contributed by atoms with Gasteiger partial charge in [-0.05, 0) is 12.8 Å². The number of ether oxygens (including phenoxy) is 1. The zero-order valence-corrected chi connectivity index (χ0v) is 12.1. The third kappa shape index (κ3) is 3.70. The van der Waals surface area contributed by atoms with Crippen molar-refractivity contribution in [3.63, 3.8) is 0 Å². The number of hydrogen-bond donors (Lipinski definition) is 1. The van der Waals surface area contributed by atoms with Crippen LogP contribution in [0, 0.1) is 0 Å². The van der Waals surface area contributed by atoms with Crippen LogP contribution in [0.5, 0.6) is 0 Å². The van der Waals surface area contributed by atoms with Gasteiger partial charge in [-0.3, -0.25) is 9.69 Å². The SMILES string of the molecule is Nc1ncn(CC(=O)N2CCN(CC3CCCO3)CC2)n1. The summed E-state index contributed by atoms with van der Waals surface area (Å²) in [7, 11) is 0. The van der Waals surface area contributed by atoms with Crippen LogP contribution in [0.25, 0.3) is 0 Å². The Morgan fingerprint density at radius 2 is 2.19 bits per heavy atom. The molecule has 1 unspecified atom stereocenters. The van der Waals surface area contributed by atoms with E-state index >= 15 is 0 Å². The minimum atomic E-state index is 0.0664. The van der Waals surface area contributed by atoms with Gasteiger partial charge in [0.1, 0.15) is 12.9 Å². The van der Waals surface area contributed by atoms with Gasteiger partial charge < -0.3 is 15.4 Å². The molecule has 1 aromatic heterocycles. The Bertz CT molecular complexity index is 477. The van der Waals surface area contributed by atoms with Crippen molar-refractivity contribution in [3.8, 4) is 0 Å². The Morgan fingerprint density at radius 3 is 2.81 bits per heavy atom. The average Bonchev–Trinajstić information content (AvgIpc) is 3.12. The minimum absolute atomic E-state index is 0.0664. The van der Waals surface area contributed by atoms with E-state index in [1.54, 1.807) is 0 Å². The van der Waals surface area contributed by atoms with Crippen LogP contribution < -0.4 is 5.73 Å². The van der Waals surface area contributed by atoms with Gasteiger partial charge in [0.25, 0.3) is 0 Å². The van der Waals surface area contributed by atoms with Crippen LogP contribution in [0.4, 0.5) is 5.95 Å². The summed E-state index contributed by atoms with van der Waals surface area (Å²) in [5.74, 6) is 0.265. The summed E-state index contributed by atoms with van der Waals surface area (Å²) in [6.45, 7) is 5.42. The molecule has 0 spiro atoms. The first-order valence-corrected chi connectivity index (χ1v) is 7.47. The van der Waals surface area contributed by atoms with Crippen molar-refractivity contribution in [1.82, 2.24) is 24.6 Å². The third-order valence-electron chi connectivity index (χ3n) is 4.06. The van der Waals surface area contributed by atoms with Gasteiger partial charge in [0, 0.05) is 39.3 Å². The van der Waals surface area contributed by atoms with Crippen molar-refractivity contribution in [2.75, 3.05) is 45.1 Å². The predicted octanol–water partition coefficient (Wildman–Crippen LogP) is -0.816. The number of carbonyl (C=O) groups excluding carboxylic acids is 1. The van der Waals surface area contributed by atoms with Crippen LogP contribution >= 0.6 is 0 Å². The molecule has 0 aromatic carbocycles. The summed E-state index contributed by atoms with van der Waals surface area (Å²) >= 11 is 0. The second-order valence-corrected chi connectivity index (χ2v) is 5.62. The zero-order valence-electron chi connectivity index (χ0n) is 12.1. The first-order valence-electron chi connectivity index (χ1n) is 7.47. The lowest BCUT2D eigenvalue weighted by Gasteiger charge is -2.35. The molecule has 2 saturated heterocycles. The molecular weight excluding hydrogens is 272 g/mol. The second-order valence-electron chi connectivity index (χ2n) is 5.62. The molecule has 1 amide bonds. The van der Waals surface area contributed by atoms with Crippen molar-refractivity contribution in [2.45, 2.75) is 25.5 Å². The van der Waals surface area contributed by atoms with E-state index in [2.05, 4.69) is 15.0 Å². The first kappa shape index (κ1) is 14.3. The van der Waals surface area contributed by atoms with Crippen LogP contribution in [0.3, 0.4) is 0 Å². The smallest absolute Gasteiger partial charge is 0.244 e. The molecule has 1 atom stereocenters. The van der Waals surface area contributed by atoms with Crippen LogP contribution in [-0.4, -0.2) is 75.9 Å². The number of nitrogen functional groups attached to an aromatic ring is 1. The molecule has 3 rings (SSSR count). The van der Waals surface area contributed by atoms with Crippen LogP contribution in [0.1, 0.15) is 12.8 Å². The molecule has 2 fully saturated rings. The molecule has 8 heteroatoms. The van der Waals surface area contributed by atoms with E-state index in [9.17, 15) is 4.79 Å². The number of nitrogens with two attached hydrogens (primary N) is 1. The third-order valence-corrected chi connectivity index (χ3v) is 4.06. The Balaban J connectivity index is 1.43. The van der Waals surface area contributed by atoms with Gasteiger partial charge in [-0.2, -0.15) is 0 Å². The molecule has 8 nitrogen and oxygen atoms in total. The van der Waals surface area contributed by atoms with Gasteiger partial charge in [-0.1, -0.05) is 0 Å². The quantitative estimate of drug-likeness (QED) is 0.781. The molecule has 0 bridgehead atoms. The number of hydrogen-bond acceptors (Lipinski definition) is 6. The summed E-state index contributed by atoms with van der Waals surface area (Å²) in [5.41, 5.74) is 5.44. The Labute approximate surface area is 123 Å². The number of amides is 1. The standard InChI is InChI=1S/C13H22N6O2/c14-13-15-10-19(16-13)9-12(20)18-5-3-17(4-6-18)8-11-2-1-7-21-11/h10-11H,1-9H2,(H2,14,16). The van der Waals surface area contributed by atoms with Crippen molar-refractivity contribution in [2.24, 2.45) is 0 Å². The first-order chi connectivity index (χ1) is 10.2. The normalized spacial score (nSPS) is 23.6. The Hall–Kier alpha value is -1.67. The monoisotopic (exact) mass is 294 g/mol. The minimum Gasteiger partial charge on any atom is -0.377 e. The molecule has 2 N–H and O–H groups in total. The fourth-order valence-corrected chi connectivity index (χ4v) is 2.88. The van der Waals surface area contributed by atoms with Crippen LogP contribution in [0.2, 0.25) is 0 Å². The topological polar surface area (TPSA) is 89.5 Å². The van der Waals surface area contributed by atoms with E-state index in [1.807, 2.05) is 4.90 Å². The second kappa shape index (κ2) is 6.40. The Morgan fingerprint density at radius 1 is 1.38 bits per heavy atom. The van der Waals surface area contributed by atoms with Crippen LogP contribution in [-0.2, 0) is 16.1 Å². The van der Waals surface area contributed by atoms with E-state index < -0.39 is 0 Å². The maximum Gasteiger partial charge on any atom is 0.244 e. The van der Waals surface area contributed by atoms with Crippen molar-refractivity contribution in [3.05, 3.63) is 6.33 Å². The molecule has 0 saturated carbocycles. The molecule has 0 aliphatic carbocycles. The molecular formula is C13H22N6O2. The lowest BCUT2D eigenvalue weighted by Crippen LogP contribution is -2.51. The number of rotatable bonds is 4. The molecule has 1 aromatic rings. The van der Waals surface area contributed by atoms with Gasteiger partial charge in [0.15, 0.2) is 0 Å². The van der Waals surface area contributed by atoms with Gasteiger partial charge in [0.05, 0.1) is 6.10 Å². The number of carbonyl (C=O) groups is 1. The summed E-state index contributed by atoms with van der Waals surface area (Å²) in [6.07, 6.45) is 4.20. The molecule has 2 aliphatic rings. The maximum absolute atomic E-state index is 12.2. The summed E-state index contributed by atoms with van der Waals surface area (Å²) in [6, 6.07) is 0. The highest BCUT2D eigenvalue weighted by atomic mass is 16.5. The maximum atomic E-state index is 12.2. The number of aromatic nitrogens is 3. The lowest BCUT2D eigenvalue weighted by atomic mass is 10.2. The van der Waals surface area contributed by atoms with Gasteiger partial charge in [-0.15, -0.1) is 5.10 Å². The highest BCUT2D eigenvalue weighted by molar-refractivity contribution is 5.76. The zero-order chi connectivity index (χ0) is 14.7. The van der Waals surface area contributed by atoms with Gasteiger partial charge in [0.2, 0.25) is 11.9 Å². The summed E-state index contributed by atoms with van der Waals surface area (Å²) in [4.78, 5) is 20.3. The Kier molecular flexibility index (Phi) is 4.35. The number of nitrogens with zero attached hydrogens (tertiary/aromatic N) is 5. The molecule has 21 heavy (non-hydrogen) atoms.